The van der Waals surface area contributed by atoms with Gasteiger partial charge in [0.05, 0.1) is 6.54 Å². The number of piperidine rings is 1. The monoisotopic (exact) mass is 199 g/mol. The van der Waals surface area contributed by atoms with Crippen LogP contribution in [-0.2, 0) is 4.79 Å². The Kier molecular flexibility index (Phi) is 2.09. The van der Waals surface area contributed by atoms with Crippen LogP contribution >= 0.6 is 0 Å². The highest BCUT2D eigenvalue weighted by Crippen LogP contribution is 2.40. The van der Waals surface area contributed by atoms with E-state index < -0.39 is 5.67 Å². The second kappa shape index (κ2) is 2.94. The standard InChI is InChI=1S/C11H18FNO/c1-7-4-8(2)10(14)13-6-11(3,12)5-9(7)13/h7-9H,4-6H2,1-3H3/t7?,8?,9-,11?/m0/s1. The molecule has 0 aliphatic carbocycles. The number of hydrogen-bond donors (Lipinski definition) is 0. The average molecular weight is 199 g/mol. The van der Waals surface area contributed by atoms with Gasteiger partial charge in [-0.05, 0) is 19.3 Å². The van der Waals surface area contributed by atoms with E-state index in [0.717, 1.165) is 6.42 Å². The second-order valence-corrected chi connectivity index (χ2v) is 5.26. The molecule has 3 unspecified atom stereocenters. The molecule has 2 rings (SSSR count). The van der Waals surface area contributed by atoms with Gasteiger partial charge in [0.1, 0.15) is 5.67 Å². The van der Waals surface area contributed by atoms with Gasteiger partial charge in [-0.25, -0.2) is 4.39 Å². The fraction of sp³-hybridized carbons (Fsp3) is 0.909. The van der Waals surface area contributed by atoms with E-state index in [0.29, 0.717) is 18.9 Å². The molecular formula is C11H18FNO. The third-order valence-corrected chi connectivity index (χ3v) is 3.62. The first-order valence-corrected chi connectivity index (χ1v) is 5.40. The zero-order valence-electron chi connectivity index (χ0n) is 9.09. The molecule has 4 atom stereocenters. The molecule has 14 heavy (non-hydrogen) atoms. The summed E-state index contributed by atoms with van der Waals surface area (Å²) in [6.07, 6.45) is 1.43. The van der Waals surface area contributed by atoms with Gasteiger partial charge in [-0.1, -0.05) is 13.8 Å². The molecule has 0 radical (unpaired) electrons. The molecule has 0 N–H and O–H groups in total. The van der Waals surface area contributed by atoms with Crippen LogP contribution in [0.3, 0.4) is 0 Å². The van der Waals surface area contributed by atoms with E-state index in [2.05, 4.69) is 6.92 Å². The van der Waals surface area contributed by atoms with Gasteiger partial charge in [-0.15, -0.1) is 0 Å². The van der Waals surface area contributed by atoms with Gasteiger partial charge < -0.3 is 4.90 Å². The van der Waals surface area contributed by atoms with Crippen molar-refractivity contribution in [2.24, 2.45) is 11.8 Å². The van der Waals surface area contributed by atoms with E-state index in [-0.39, 0.29) is 17.9 Å². The Morgan fingerprint density at radius 3 is 2.79 bits per heavy atom. The molecule has 2 aliphatic rings. The molecule has 1 amide bonds. The minimum atomic E-state index is -1.17. The van der Waals surface area contributed by atoms with E-state index in [1.165, 1.54) is 0 Å². The lowest BCUT2D eigenvalue weighted by molar-refractivity contribution is -0.141. The number of carbonyl (C=O) groups excluding carboxylic acids is 1. The largest absolute Gasteiger partial charge is 0.336 e. The SMILES string of the molecule is CC1CC(C)[C@@H]2CC(C)(F)CN2C1=O. The summed E-state index contributed by atoms with van der Waals surface area (Å²) in [6, 6.07) is 0.147. The summed E-state index contributed by atoms with van der Waals surface area (Å²) >= 11 is 0. The number of nitrogens with zero attached hydrogens (tertiary/aromatic N) is 1. The van der Waals surface area contributed by atoms with Gasteiger partial charge in [0, 0.05) is 18.4 Å². The van der Waals surface area contributed by atoms with Gasteiger partial charge >= 0.3 is 0 Å². The van der Waals surface area contributed by atoms with Crippen LogP contribution < -0.4 is 0 Å². The van der Waals surface area contributed by atoms with E-state index in [9.17, 15) is 9.18 Å². The molecule has 2 saturated heterocycles. The predicted octanol–water partition coefficient (Wildman–Crippen LogP) is 1.99. The maximum atomic E-state index is 13.8. The van der Waals surface area contributed by atoms with Crippen molar-refractivity contribution in [1.82, 2.24) is 4.90 Å². The Hall–Kier alpha value is -0.600. The van der Waals surface area contributed by atoms with Crippen molar-refractivity contribution in [1.29, 1.82) is 0 Å². The van der Waals surface area contributed by atoms with Crippen LogP contribution in [0.1, 0.15) is 33.6 Å². The van der Waals surface area contributed by atoms with Gasteiger partial charge in [0.2, 0.25) is 5.91 Å². The summed E-state index contributed by atoms with van der Waals surface area (Å²) in [7, 11) is 0. The van der Waals surface area contributed by atoms with Crippen LogP contribution in [0.4, 0.5) is 4.39 Å². The van der Waals surface area contributed by atoms with E-state index >= 15 is 0 Å². The normalized spacial score (nSPS) is 48.1. The first-order valence-electron chi connectivity index (χ1n) is 5.40. The molecule has 2 fully saturated rings. The fourth-order valence-corrected chi connectivity index (χ4v) is 2.93. The topological polar surface area (TPSA) is 20.3 Å². The Morgan fingerprint density at radius 1 is 1.50 bits per heavy atom. The van der Waals surface area contributed by atoms with Crippen LogP contribution in [0, 0.1) is 11.8 Å². The van der Waals surface area contributed by atoms with Crippen molar-refractivity contribution in [3.8, 4) is 0 Å². The van der Waals surface area contributed by atoms with E-state index in [1.54, 1.807) is 11.8 Å². The molecule has 0 spiro atoms. The quantitative estimate of drug-likeness (QED) is 0.584. The Balaban J connectivity index is 2.22. The number of amides is 1. The maximum absolute atomic E-state index is 13.8. The highest BCUT2D eigenvalue weighted by atomic mass is 19.1. The number of rotatable bonds is 0. The van der Waals surface area contributed by atoms with Gasteiger partial charge in [0.15, 0.2) is 0 Å². The molecular weight excluding hydrogens is 181 g/mol. The number of carbonyl (C=O) groups is 1. The second-order valence-electron chi connectivity index (χ2n) is 5.26. The summed E-state index contributed by atoms with van der Waals surface area (Å²) in [5.74, 6) is 0.671. The zero-order chi connectivity index (χ0) is 10.5. The lowest BCUT2D eigenvalue weighted by atomic mass is 9.84. The maximum Gasteiger partial charge on any atom is 0.225 e. The van der Waals surface area contributed by atoms with Gasteiger partial charge in [-0.2, -0.15) is 0 Å². The molecule has 2 nitrogen and oxygen atoms in total. The van der Waals surface area contributed by atoms with Crippen molar-refractivity contribution in [2.45, 2.75) is 45.3 Å². The molecule has 80 valence electrons. The number of halogens is 1. The van der Waals surface area contributed by atoms with Gasteiger partial charge in [-0.3, -0.25) is 4.79 Å². The predicted molar refractivity (Wildman–Crippen MR) is 52.6 cm³/mol. The fourth-order valence-electron chi connectivity index (χ4n) is 2.93. The smallest absolute Gasteiger partial charge is 0.225 e. The van der Waals surface area contributed by atoms with Crippen molar-refractivity contribution in [3.63, 3.8) is 0 Å². The summed E-state index contributed by atoms with van der Waals surface area (Å²) in [6.45, 7) is 5.98. The van der Waals surface area contributed by atoms with Crippen LogP contribution in [-0.4, -0.2) is 29.1 Å². The minimum absolute atomic E-state index is 0.0788. The molecule has 0 aromatic heterocycles. The summed E-state index contributed by atoms with van der Waals surface area (Å²) in [4.78, 5) is 13.6. The van der Waals surface area contributed by atoms with Gasteiger partial charge in [0.25, 0.3) is 0 Å². The third kappa shape index (κ3) is 1.43. The summed E-state index contributed by atoms with van der Waals surface area (Å²) in [5, 5.41) is 0. The lowest BCUT2D eigenvalue weighted by Gasteiger charge is -2.37. The van der Waals surface area contributed by atoms with Crippen LogP contribution in [0.15, 0.2) is 0 Å². The number of fused-ring (bicyclic) bond motifs is 1. The van der Waals surface area contributed by atoms with E-state index in [1.807, 2.05) is 6.92 Å². The van der Waals surface area contributed by atoms with Crippen molar-refractivity contribution in [3.05, 3.63) is 0 Å². The zero-order valence-corrected chi connectivity index (χ0v) is 9.09. The van der Waals surface area contributed by atoms with E-state index in [4.69, 9.17) is 0 Å². The molecule has 0 bridgehead atoms. The average Bonchev–Trinajstić information content (AvgIpc) is 2.38. The highest BCUT2D eigenvalue weighted by molar-refractivity contribution is 5.80. The lowest BCUT2D eigenvalue weighted by Crippen LogP contribution is -2.47. The van der Waals surface area contributed by atoms with Crippen LogP contribution in [0.2, 0.25) is 0 Å². The molecule has 2 heterocycles. The van der Waals surface area contributed by atoms with Crippen molar-refractivity contribution in [2.75, 3.05) is 6.54 Å². The summed E-state index contributed by atoms with van der Waals surface area (Å²) in [5.41, 5.74) is -1.17. The number of hydrogen-bond acceptors (Lipinski definition) is 1. The Labute approximate surface area is 84.5 Å². The first-order chi connectivity index (χ1) is 6.41. The van der Waals surface area contributed by atoms with Crippen molar-refractivity contribution >= 4 is 5.91 Å². The third-order valence-electron chi connectivity index (χ3n) is 3.62. The van der Waals surface area contributed by atoms with Crippen molar-refractivity contribution < 1.29 is 9.18 Å². The highest BCUT2D eigenvalue weighted by Gasteiger charge is 2.49. The Bertz CT molecular complexity index is 264. The minimum Gasteiger partial charge on any atom is -0.336 e. The van der Waals surface area contributed by atoms with Crippen LogP contribution in [0.25, 0.3) is 0 Å². The molecule has 0 saturated carbocycles. The first kappa shape index (κ1) is 9.94. The molecule has 0 aromatic carbocycles. The van der Waals surface area contributed by atoms with Crippen LogP contribution in [0.5, 0.6) is 0 Å². The molecule has 0 aromatic rings. The Morgan fingerprint density at radius 2 is 2.14 bits per heavy atom. The summed E-state index contributed by atoms with van der Waals surface area (Å²) < 4.78 is 13.8. The molecule has 2 aliphatic heterocycles. The number of alkyl halides is 1. The molecule has 3 heteroatoms.